The quantitative estimate of drug-likeness (QED) is 0.781. The van der Waals surface area contributed by atoms with E-state index in [4.69, 9.17) is 4.74 Å². The van der Waals surface area contributed by atoms with Crippen molar-refractivity contribution in [3.63, 3.8) is 0 Å². The van der Waals surface area contributed by atoms with E-state index in [2.05, 4.69) is 49.1 Å². The lowest BCUT2D eigenvalue weighted by Crippen LogP contribution is -2.37. The number of piperidine rings is 1. The molecule has 0 bridgehead atoms. The first kappa shape index (κ1) is 15.8. The molecule has 1 aliphatic heterocycles. The van der Waals surface area contributed by atoms with Gasteiger partial charge in [0.1, 0.15) is 0 Å². The molecule has 0 spiro atoms. The summed E-state index contributed by atoms with van der Waals surface area (Å²) in [4.78, 5) is 14.2. The van der Waals surface area contributed by atoms with Crippen molar-refractivity contribution in [1.29, 1.82) is 0 Å². The number of methoxy groups -OCH3 is 1. The Morgan fingerprint density at radius 1 is 1.35 bits per heavy atom. The smallest absolute Gasteiger partial charge is 0.340 e. The van der Waals surface area contributed by atoms with Gasteiger partial charge in [0.25, 0.3) is 0 Å². The predicted molar refractivity (Wildman–Crippen MR) is 87.3 cm³/mol. The van der Waals surface area contributed by atoms with Crippen molar-refractivity contribution < 1.29 is 9.53 Å². The van der Waals surface area contributed by atoms with Gasteiger partial charge in [-0.3, -0.25) is 0 Å². The largest absolute Gasteiger partial charge is 0.465 e. The highest BCUT2D eigenvalue weighted by atomic mass is 79.9. The summed E-state index contributed by atoms with van der Waals surface area (Å²) in [6.45, 7) is 2.14. The minimum atomic E-state index is -0.331. The Morgan fingerprint density at radius 3 is 2.60 bits per heavy atom. The molecule has 1 N–H and O–H groups in total. The molecule has 20 heavy (non-hydrogen) atoms. The van der Waals surface area contributed by atoms with Crippen LogP contribution in [0.1, 0.15) is 23.2 Å². The van der Waals surface area contributed by atoms with Crippen LogP contribution in [0, 0.1) is 0 Å². The molecule has 1 aliphatic rings. The second-order valence-electron chi connectivity index (χ2n) is 5.02. The van der Waals surface area contributed by atoms with E-state index in [-0.39, 0.29) is 5.97 Å². The Bertz CT molecular complexity index is 500. The van der Waals surface area contributed by atoms with Crippen LogP contribution in [0.5, 0.6) is 0 Å². The van der Waals surface area contributed by atoms with Crippen LogP contribution < -0.4 is 5.32 Å². The topological polar surface area (TPSA) is 41.6 Å². The van der Waals surface area contributed by atoms with Crippen LogP contribution in [0.25, 0.3) is 0 Å². The number of hydrogen-bond acceptors (Lipinski definition) is 4. The number of anilines is 1. The molecule has 0 aliphatic carbocycles. The Hall–Kier alpha value is -0.590. The van der Waals surface area contributed by atoms with E-state index in [9.17, 15) is 4.79 Å². The van der Waals surface area contributed by atoms with Gasteiger partial charge in [0, 0.05) is 15.0 Å². The van der Waals surface area contributed by atoms with Crippen molar-refractivity contribution in [1.82, 2.24) is 4.90 Å². The number of esters is 1. The Kier molecular flexibility index (Phi) is 5.46. The van der Waals surface area contributed by atoms with E-state index in [0.29, 0.717) is 11.6 Å². The maximum absolute atomic E-state index is 11.9. The lowest BCUT2D eigenvalue weighted by molar-refractivity contribution is 0.0601. The van der Waals surface area contributed by atoms with E-state index < -0.39 is 0 Å². The van der Waals surface area contributed by atoms with E-state index in [1.54, 1.807) is 6.07 Å². The maximum Gasteiger partial charge on any atom is 0.340 e. The van der Waals surface area contributed by atoms with Crippen molar-refractivity contribution in [2.24, 2.45) is 0 Å². The lowest BCUT2D eigenvalue weighted by atomic mass is 10.0. The molecule has 110 valence electrons. The zero-order valence-corrected chi connectivity index (χ0v) is 14.8. The molecule has 0 unspecified atom stereocenters. The number of nitrogens with one attached hydrogen (secondary N) is 1. The van der Waals surface area contributed by atoms with Gasteiger partial charge < -0.3 is 15.0 Å². The minimum absolute atomic E-state index is 0.331. The normalized spacial score (nSPS) is 17.0. The van der Waals surface area contributed by atoms with Gasteiger partial charge in [0.15, 0.2) is 0 Å². The highest BCUT2D eigenvalue weighted by molar-refractivity contribution is 9.11. The van der Waals surface area contributed by atoms with E-state index >= 15 is 0 Å². The number of likely N-dealkylation sites (tertiary alicyclic amines) is 1. The zero-order valence-electron chi connectivity index (χ0n) is 11.6. The summed E-state index contributed by atoms with van der Waals surface area (Å²) < 4.78 is 6.58. The second kappa shape index (κ2) is 6.91. The van der Waals surface area contributed by atoms with Crippen molar-refractivity contribution in [3.8, 4) is 0 Å². The molecule has 0 amide bonds. The van der Waals surface area contributed by atoms with Crippen LogP contribution >= 0.6 is 31.9 Å². The molecule has 6 heteroatoms. The van der Waals surface area contributed by atoms with Crippen LogP contribution in [-0.2, 0) is 4.74 Å². The van der Waals surface area contributed by atoms with Crippen LogP contribution in [0.4, 0.5) is 5.69 Å². The van der Waals surface area contributed by atoms with Gasteiger partial charge in [-0.15, -0.1) is 0 Å². The summed E-state index contributed by atoms with van der Waals surface area (Å²) in [6.07, 6.45) is 2.14. The number of benzene rings is 1. The number of rotatable bonds is 3. The average molecular weight is 406 g/mol. The number of nitrogens with zero attached hydrogens (tertiary/aromatic N) is 1. The van der Waals surface area contributed by atoms with Crippen molar-refractivity contribution in [3.05, 3.63) is 26.6 Å². The fourth-order valence-electron chi connectivity index (χ4n) is 2.35. The third-order valence-corrected chi connectivity index (χ3v) is 4.61. The van der Waals surface area contributed by atoms with Crippen LogP contribution in [0.2, 0.25) is 0 Å². The van der Waals surface area contributed by atoms with E-state index in [1.807, 2.05) is 6.07 Å². The summed E-state index contributed by atoms with van der Waals surface area (Å²) >= 11 is 6.93. The van der Waals surface area contributed by atoms with Gasteiger partial charge in [-0.1, -0.05) is 15.9 Å². The molecular formula is C14H18Br2N2O2. The third kappa shape index (κ3) is 3.74. The SMILES string of the molecule is COC(=O)c1cc(Br)cc(Br)c1NC1CCN(C)CC1. The first-order valence-corrected chi connectivity index (χ1v) is 8.12. The average Bonchev–Trinajstić information content (AvgIpc) is 2.42. The molecule has 4 nitrogen and oxygen atoms in total. The van der Waals surface area contributed by atoms with Gasteiger partial charge in [-0.25, -0.2) is 4.79 Å². The van der Waals surface area contributed by atoms with Crippen molar-refractivity contribution in [2.75, 3.05) is 32.6 Å². The minimum Gasteiger partial charge on any atom is -0.465 e. The van der Waals surface area contributed by atoms with E-state index in [0.717, 1.165) is 40.6 Å². The van der Waals surface area contributed by atoms with E-state index in [1.165, 1.54) is 7.11 Å². The Morgan fingerprint density at radius 2 is 2.00 bits per heavy atom. The number of carbonyl (C=O) groups is 1. The Labute approximate surface area is 136 Å². The summed E-state index contributed by atoms with van der Waals surface area (Å²) in [5, 5.41) is 3.49. The summed E-state index contributed by atoms with van der Waals surface area (Å²) in [7, 11) is 3.53. The Balaban J connectivity index is 2.23. The predicted octanol–water partition coefficient (Wildman–Crippen LogP) is 3.50. The van der Waals surface area contributed by atoms with Gasteiger partial charge >= 0.3 is 5.97 Å². The molecule has 1 aromatic rings. The summed E-state index contributed by atoms with van der Waals surface area (Å²) in [5.74, 6) is -0.331. The van der Waals surface area contributed by atoms with Gasteiger partial charge in [-0.2, -0.15) is 0 Å². The van der Waals surface area contributed by atoms with Gasteiger partial charge in [0.2, 0.25) is 0 Å². The first-order chi connectivity index (χ1) is 9.51. The molecule has 1 aromatic carbocycles. The van der Waals surface area contributed by atoms with Crippen molar-refractivity contribution >= 4 is 43.5 Å². The number of ether oxygens (including phenoxy) is 1. The molecule has 0 atom stereocenters. The molecule has 0 aromatic heterocycles. The fourth-order valence-corrected chi connectivity index (χ4v) is 3.69. The lowest BCUT2D eigenvalue weighted by Gasteiger charge is -2.31. The van der Waals surface area contributed by atoms with Crippen LogP contribution in [0.3, 0.4) is 0 Å². The molecule has 1 heterocycles. The molecule has 0 radical (unpaired) electrons. The highest BCUT2D eigenvalue weighted by Crippen LogP contribution is 2.32. The van der Waals surface area contributed by atoms with Crippen molar-refractivity contribution in [2.45, 2.75) is 18.9 Å². The maximum atomic E-state index is 11.9. The summed E-state index contributed by atoms with van der Waals surface area (Å²) in [5.41, 5.74) is 1.36. The molecule has 0 saturated carbocycles. The number of carbonyl (C=O) groups excluding carboxylic acids is 1. The van der Waals surface area contributed by atoms with Crippen LogP contribution in [-0.4, -0.2) is 44.2 Å². The fraction of sp³-hybridized carbons (Fsp3) is 0.500. The monoisotopic (exact) mass is 404 g/mol. The third-order valence-electron chi connectivity index (χ3n) is 3.53. The number of hydrogen-bond donors (Lipinski definition) is 1. The highest BCUT2D eigenvalue weighted by Gasteiger charge is 2.21. The second-order valence-corrected chi connectivity index (χ2v) is 6.79. The standard InChI is InChI=1S/C14H18Br2N2O2/c1-18-5-3-10(4-6-18)17-13-11(14(19)20-2)7-9(15)8-12(13)16/h7-8,10,17H,3-6H2,1-2H3. The van der Waals surface area contributed by atoms with Gasteiger partial charge in [-0.05, 0) is 61.0 Å². The van der Waals surface area contributed by atoms with Crippen LogP contribution in [0.15, 0.2) is 21.1 Å². The molecular weight excluding hydrogens is 388 g/mol. The van der Waals surface area contributed by atoms with Gasteiger partial charge in [0.05, 0.1) is 18.4 Å². The molecule has 1 fully saturated rings. The summed E-state index contributed by atoms with van der Waals surface area (Å²) in [6, 6.07) is 4.10. The molecule has 2 rings (SSSR count). The molecule has 1 saturated heterocycles. The first-order valence-electron chi connectivity index (χ1n) is 6.53. The zero-order chi connectivity index (χ0) is 14.7. The number of halogens is 2.